The molecule has 0 aromatic carbocycles. The van der Waals surface area contributed by atoms with Crippen molar-refractivity contribution in [3.8, 4) is 0 Å². The number of aromatic nitrogens is 2. The number of nitrogens with one attached hydrogen (secondary N) is 2. The first-order chi connectivity index (χ1) is 9.13. The fourth-order valence-electron chi connectivity index (χ4n) is 1.48. The van der Waals surface area contributed by atoms with E-state index in [1.54, 1.807) is 0 Å². The Kier molecular flexibility index (Phi) is 7.43. The Bertz CT molecular complexity index is 341. The number of rotatable bonds is 10. The van der Waals surface area contributed by atoms with Crippen LogP contribution >= 0.6 is 0 Å². The van der Waals surface area contributed by atoms with Crippen LogP contribution in [0.2, 0.25) is 0 Å². The van der Waals surface area contributed by atoms with Gasteiger partial charge in [0.25, 0.3) is 0 Å². The third-order valence-electron chi connectivity index (χ3n) is 2.49. The van der Waals surface area contributed by atoms with Gasteiger partial charge in [-0.3, -0.25) is 0 Å². The number of nitrogens with zero attached hydrogens (tertiary/aromatic N) is 2. The van der Waals surface area contributed by atoms with E-state index in [9.17, 15) is 0 Å². The zero-order valence-corrected chi connectivity index (χ0v) is 12.4. The van der Waals surface area contributed by atoms with Crippen molar-refractivity contribution in [3.05, 3.63) is 5.89 Å². The van der Waals surface area contributed by atoms with E-state index >= 15 is 0 Å². The molecule has 0 spiro atoms. The molecule has 0 aliphatic heterocycles. The third-order valence-corrected chi connectivity index (χ3v) is 2.49. The average Bonchev–Trinajstić information content (AvgIpc) is 2.84. The summed E-state index contributed by atoms with van der Waals surface area (Å²) in [5, 5.41) is 14.3. The molecule has 6 nitrogen and oxygen atoms in total. The smallest absolute Gasteiger partial charge is 0.315 e. The van der Waals surface area contributed by atoms with E-state index in [1.807, 2.05) is 6.92 Å². The van der Waals surface area contributed by atoms with Crippen molar-refractivity contribution in [3.63, 3.8) is 0 Å². The molecule has 0 aliphatic rings. The number of ether oxygens (including phenoxy) is 1. The molecular formula is C13H26N4O2. The van der Waals surface area contributed by atoms with Crippen LogP contribution in [-0.2, 0) is 4.74 Å². The first-order valence-electron chi connectivity index (χ1n) is 7.01. The largest absolute Gasteiger partial charge is 0.406 e. The summed E-state index contributed by atoms with van der Waals surface area (Å²) in [5.41, 5.74) is 0. The van der Waals surface area contributed by atoms with Gasteiger partial charge < -0.3 is 19.8 Å². The van der Waals surface area contributed by atoms with E-state index < -0.39 is 0 Å². The van der Waals surface area contributed by atoms with Gasteiger partial charge in [-0.2, -0.15) is 0 Å². The number of anilines is 1. The molecule has 1 atom stereocenters. The molecule has 1 heterocycles. The second-order valence-corrected chi connectivity index (χ2v) is 5.02. The zero-order valence-electron chi connectivity index (χ0n) is 12.4. The van der Waals surface area contributed by atoms with Crippen molar-refractivity contribution in [2.24, 2.45) is 5.92 Å². The van der Waals surface area contributed by atoms with Crippen molar-refractivity contribution in [2.75, 3.05) is 31.6 Å². The molecule has 1 aromatic heterocycles. The Hall–Kier alpha value is -1.14. The Morgan fingerprint density at radius 2 is 2.00 bits per heavy atom. The maximum atomic E-state index is 5.52. The lowest BCUT2D eigenvalue weighted by Gasteiger charge is -2.08. The van der Waals surface area contributed by atoms with Gasteiger partial charge in [-0.25, -0.2) is 0 Å². The Balaban J connectivity index is 2.23. The van der Waals surface area contributed by atoms with Gasteiger partial charge in [0.05, 0.1) is 12.6 Å². The molecule has 0 saturated carbocycles. The van der Waals surface area contributed by atoms with Gasteiger partial charge in [0.15, 0.2) is 0 Å². The van der Waals surface area contributed by atoms with Gasteiger partial charge in [0.1, 0.15) is 0 Å². The van der Waals surface area contributed by atoms with Crippen LogP contribution in [0.3, 0.4) is 0 Å². The van der Waals surface area contributed by atoms with Crippen LogP contribution in [0.4, 0.5) is 6.01 Å². The van der Waals surface area contributed by atoms with Crippen LogP contribution in [0.15, 0.2) is 4.42 Å². The highest BCUT2D eigenvalue weighted by Crippen LogP contribution is 2.13. The lowest BCUT2D eigenvalue weighted by Crippen LogP contribution is -2.19. The summed E-state index contributed by atoms with van der Waals surface area (Å²) in [6.07, 6.45) is 1.08. The summed E-state index contributed by atoms with van der Waals surface area (Å²) in [6, 6.07) is 0.536. The maximum absolute atomic E-state index is 5.52. The van der Waals surface area contributed by atoms with Gasteiger partial charge >= 0.3 is 6.01 Å². The van der Waals surface area contributed by atoms with E-state index in [-0.39, 0.29) is 6.04 Å². The molecule has 0 aliphatic carbocycles. The SMILES string of the molecule is CCCNC(C)c1nnc(NCCOCC(C)C)o1. The number of hydrogen-bond acceptors (Lipinski definition) is 6. The van der Waals surface area contributed by atoms with Crippen molar-refractivity contribution in [2.45, 2.75) is 40.2 Å². The minimum Gasteiger partial charge on any atom is -0.406 e. The molecule has 110 valence electrons. The third kappa shape index (κ3) is 6.54. The minimum absolute atomic E-state index is 0.0835. The van der Waals surface area contributed by atoms with E-state index in [0.717, 1.165) is 19.6 Å². The second-order valence-electron chi connectivity index (χ2n) is 5.02. The lowest BCUT2D eigenvalue weighted by molar-refractivity contribution is 0.118. The summed E-state index contributed by atoms with van der Waals surface area (Å²) >= 11 is 0. The molecule has 0 fully saturated rings. The van der Waals surface area contributed by atoms with Crippen LogP contribution < -0.4 is 10.6 Å². The maximum Gasteiger partial charge on any atom is 0.315 e. The quantitative estimate of drug-likeness (QED) is 0.635. The predicted octanol–water partition coefficient (Wildman–Crippen LogP) is 2.21. The molecule has 6 heteroatoms. The van der Waals surface area contributed by atoms with Crippen molar-refractivity contribution in [1.82, 2.24) is 15.5 Å². The number of hydrogen-bond donors (Lipinski definition) is 2. The van der Waals surface area contributed by atoms with E-state index in [2.05, 4.69) is 41.6 Å². The zero-order chi connectivity index (χ0) is 14.1. The first-order valence-corrected chi connectivity index (χ1v) is 7.01. The monoisotopic (exact) mass is 270 g/mol. The summed E-state index contributed by atoms with van der Waals surface area (Å²) in [4.78, 5) is 0. The highest BCUT2D eigenvalue weighted by molar-refractivity contribution is 5.16. The summed E-state index contributed by atoms with van der Waals surface area (Å²) < 4.78 is 11.0. The minimum atomic E-state index is 0.0835. The summed E-state index contributed by atoms with van der Waals surface area (Å²) in [5.74, 6) is 1.17. The van der Waals surface area contributed by atoms with Gasteiger partial charge in [-0.1, -0.05) is 25.9 Å². The Morgan fingerprint density at radius 1 is 1.21 bits per heavy atom. The molecular weight excluding hydrogens is 244 g/mol. The van der Waals surface area contributed by atoms with Gasteiger partial charge in [0.2, 0.25) is 5.89 Å². The molecule has 1 unspecified atom stereocenters. The normalized spacial score (nSPS) is 12.9. The van der Waals surface area contributed by atoms with Gasteiger partial charge in [-0.05, 0) is 25.8 Å². The molecule has 0 saturated heterocycles. The Morgan fingerprint density at radius 3 is 2.68 bits per heavy atom. The standard InChI is InChI=1S/C13H26N4O2/c1-5-6-14-11(4)12-16-17-13(19-12)15-7-8-18-9-10(2)3/h10-11,14H,5-9H2,1-4H3,(H,15,17). The first kappa shape index (κ1) is 15.9. The van der Waals surface area contributed by atoms with Gasteiger partial charge in [0, 0.05) is 13.2 Å². The fraction of sp³-hybridized carbons (Fsp3) is 0.846. The highest BCUT2D eigenvalue weighted by Gasteiger charge is 2.12. The van der Waals surface area contributed by atoms with E-state index in [0.29, 0.717) is 31.0 Å². The summed E-state index contributed by atoms with van der Waals surface area (Å²) in [7, 11) is 0. The molecule has 0 radical (unpaired) electrons. The lowest BCUT2D eigenvalue weighted by atomic mass is 10.2. The molecule has 19 heavy (non-hydrogen) atoms. The molecule has 0 amide bonds. The predicted molar refractivity (Wildman–Crippen MR) is 75.2 cm³/mol. The Labute approximate surface area is 115 Å². The topological polar surface area (TPSA) is 72.2 Å². The highest BCUT2D eigenvalue weighted by atomic mass is 16.5. The van der Waals surface area contributed by atoms with E-state index in [1.165, 1.54) is 0 Å². The van der Waals surface area contributed by atoms with Crippen molar-refractivity contribution >= 4 is 6.01 Å². The van der Waals surface area contributed by atoms with Gasteiger partial charge in [-0.15, -0.1) is 5.10 Å². The molecule has 2 N–H and O–H groups in total. The van der Waals surface area contributed by atoms with Crippen LogP contribution in [0.5, 0.6) is 0 Å². The average molecular weight is 270 g/mol. The van der Waals surface area contributed by atoms with Crippen molar-refractivity contribution < 1.29 is 9.15 Å². The van der Waals surface area contributed by atoms with Crippen LogP contribution in [0, 0.1) is 5.92 Å². The van der Waals surface area contributed by atoms with Crippen molar-refractivity contribution in [1.29, 1.82) is 0 Å². The van der Waals surface area contributed by atoms with Crippen LogP contribution in [-0.4, -0.2) is 36.5 Å². The van der Waals surface area contributed by atoms with Crippen LogP contribution in [0.1, 0.15) is 46.0 Å². The fourth-order valence-corrected chi connectivity index (χ4v) is 1.48. The second kappa shape index (κ2) is 8.87. The molecule has 1 rings (SSSR count). The molecule has 0 bridgehead atoms. The van der Waals surface area contributed by atoms with E-state index in [4.69, 9.17) is 9.15 Å². The molecule has 1 aromatic rings. The van der Waals surface area contributed by atoms with Crippen LogP contribution in [0.25, 0.3) is 0 Å². The summed E-state index contributed by atoms with van der Waals surface area (Å²) in [6.45, 7) is 11.4.